The van der Waals surface area contributed by atoms with Gasteiger partial charge in [0.2, 0.25) is 11.8 Å². The summed E-state index contributed by atoms with van der Waals surface area (Å²) in [6.45, 7) is 0. The molecule has 0 spiro atoms. The van der Waals surface area contributed by atoms with Crippen molar-refractivity contribution in [2.24, 2.45) is 29.6 Å². The summed E-state index contributed by atoms with van der Waals surface area (Å²) in [5.41, 5.74) is -0.356. The van der Waals surface area contributed by atoms with E-state index in [-0.39, 0.29) is 39.5 Å². The number of amides is 2. The number of nitrogens with one attached hydrogen (secondary N) is 1. The van der Waals surface area contributed by atoms with E-state index in [2.05, 4.69) is 20.9 Å². The number of alkyl halides is 3. The highest BCUT2D eigenvalue weighted by atomic mass is 79.9. The van der Waals surface area contributed by atoms with Gasteiger partial charge in [0.1, 0.15) is 0 Å². The van der Waals surface area contributed by atoms with Crippen molar-refractivity contribution < 1.29 is 22.8 Å². The van der Waals surface area contributed by atoms with E-state index in [0.29, 0.717) is 6.42 Å². The highest BCUT2D eigenvalue weighted by Crippen LogP contribution is 2.68. The summed E-state index contributed by atoms with van der Waals surface area (Å²) in [6.07, 6.45) is -4.02. The molecule has 1 saturated heterocycles. The average Bonchev–Trinajstić information content (AvgIpc) is 3.57. The number of thiazole rings is 1. The number of halogens is 4. The topological polar surface area (TPSA) is 70.2 Å². The number of carbonyl (C=O) groups is 2. The van der Waals surface area contributed by atoms with Crippen molar-refractivity contribution in [2.75, 3.05) is 4.90 Å². The Hall–Kier alpha value is -2.37. The maximum Gasteiger partial charge on any atom is 0.418 e. The molecule has 2 aliphatic carbocycles. The molecule has 2 aliphatic heterocycles. The van der Waals surface area contributed by atoms with Gasteiger partial charge in [0.15, 0.2) is 0 Å². The molecule has 2 amide bonds. The van der Waals surface area contributed by atoms with Crippen molar-refractivity contribution in [3.8, 4) is 0 Å². The Labute approximate surface area is 225 Å². The van der Waals surface area contributed by atoms with Gasteiger partial charge in [-0.25, -0.2) is 4.90 Å². The standard InChI is InChI=1S/C26H18BrF3N2O3S2/c27-11-5-3-4-10(8-11)16-17-12-9-13(20(17)36-22-21(16)37-25(35)31-22)19-18(12)23(33)32(24(19)34)15-7-2-1-6-14(15)26(28,29)30/h1-8,12-13,16-20H,9H2,(H,31,35)/t12?,13?,16-,17?,18?,19?,20?/m1/s1. The molecule has 2 saturated carbocycles. The second kappa shape index (κ2) is 8.07. The van der Waals surface area contributed by atoms with Gasteiger partial charge < -0.3 is 4.98 Å². The van der Waals surface area contributed by atoms with Crippen molar-refractivity contribution in [3.63, 3.8) is 0 Å². The third-order valence-electron chi connectivity index (χ3n) is 8.38. The number of carbonyl (C=O) groups excluding carboxylic acids is 2. The molecule has 2 bridgehead atoms. The van der Waals surface area contributed by atoms with Gasteiger partial charge in [-0.15, -0.1) is 11.8 Å². The molecule has 3 fully saturated rings. The van der Waals surface area contributed by atoms with Crippen LogP contribution in [0.1, 0.15) is 28.3 Å². The molecular weight excluding hydrogens is 589 g/mol. The van der Waals surface area contributed by atoms with Gasteiger partial charge in [0.05, 0.1) is 28.1 Å². The van der Waals surface area contributed by atoms with Gasteiger partial charge in [-0.05, 0) is 54.0 Å². The minimum atomic E-state index is -4.69. The summed E-state index contributed by atoms with van der Waals surface area (Å²) in [5, 5.41) is 0.768. The Morgan fingerprint density at radius 2 is 1.70 bits per heavy atom. The molecule has 37 heavy (non-hydrogen) atoms. The Kier molecular flexibility index (Phi) is 5.17. The summed E-state index contributed by atoms with van der Waals surface area (Å²) in [7, 11) is 0. The van der Waals surface area contributed by atoms with Crippen LogP contribution in [0.3, 0.4) is 0 Å². The first-order chi connectivity index (χ1) is 17.6. The van der Waals surface area contributed by atoms with Crippen LogP contribution in [0.15, 0.2) is 62.8 Å². The van der Waals surface area contributed by atoms with E-state index >= 15 is 0 Å². The number of fused-ring (bicyclic) bond motifs is 9. The summed E-state index contributed by atoms with van der Waals surface area (Å²) in [6, 6.07) is 12.7. The lowest BCUT2D eigenvalue weighted by molar-refractivity contribution is -0.137. The second-order valence-corrected chi connectivity index (χ2v) is 13.2. The van der Waals surface area contributed by atoms with E-state index in [4.69, 9.17) is 0 Å². The maximum absolute atomic E-state index is 13.8. The van der Waals surface area contributed by atoms with E-state index in [1.807, 2.05) is 24.3 Å². The number of anilines is 1. The number of rotatable bonds is 2. The predicted octanol–water partition coefficient (Wildman–Crippen LogP) is 5.90. The SMILES string of the molecule is O=C1C2C3CC(C2C(=O)N1c1ccccc1C(F)(F)F)C1C3Sc2[nH]c(=O)sc2[C@@H]1c1cccc(Br)c1. The minimum Gasteiger partial charge on any atom is -0.307 e. The van der Waals surface area contributed by atoms with E-state index in [9.17, 15) is 27.6 Å². The third kappa shape index (κ3) is 3.32. The fourth-order valence-corrected chi connectivity index (χ4v) is 10.5. The molecule has 1 aromatic heterocycles. The zero-order valence-corrected chi connectivity index (χ0v) is 22.1. The van der Waals surface area contributed by atoms with E-state index in [1.54, 1.807) is 11.8 Å². The first-order valence-electron chi connectivity index (χ1n) is 11.8. The Bertz CT molecular complexity index is 1540. The fourth-order valence-electron chi connectivity index (χ4n) is 7.24. The zero-order valence-electron chi connectivity index (χ0n) is 18.9. The van der Waals surface area contributed by atoms with Crippen LogP contribution in [0.2, 0.25) is 0 Å². The maximum atomic E-state index is 13.8. The van der Waals surface area contributed by atoms with Gasteiger partial charge >= 0.3 is 11.0 Å². The molecule has 11 heteroatoms. The van der Waals surface area contributed by atoms with Crippen LogP contribution >= 0.6 is 39.0 Å². The number of thioether (sulfide) groups is 1. The van der Waals surface area contributed by atoms with E-state index in [0.717, 1.165) is 30.9 Å². The number of para-hydroxylation sites is 1. The third-order valence-corrected chi connectivity index (χ3v) is 11.5. The van der Waals surface area contributed by atoms with Crippen LogP contribution in [0.4, 0.5) is 18.9 Å². The summed E-state index contributed by atoms with van der Waals surface area (Å²) >= 11 is 6.26. The van der Waals surface area contributed by atoms with Crippen LogP contribution in [0, 0.1) is 29.6 Å². The van der Waals surface area contributed by atoms with Gasteiger partial charge in [-0.3, -0.25) is 14.4 Å². The van der Waals surface area contributed by atoms with Crippen molar-refractivity contribution in [1.82, 2.24) is 4.98 Å². The lowest BCUT2D eigenvalue weighted by Gasteiger charge is -2.43. The lowest BCUT2D eigenvalue weighted by atomic mass is 9.68. The summed E-state index contributed by atoms with van der Waals surface area (Å²) in [5.74, 6) is -2.87. The quantitative estimate of drug-likeness (QED) is 0.369. The fraction of sp³-hybridized carbons (Fsp3) is 0.346. The number of hydrogen-bond acceptors (Lipinski definition) is 5. The van der Waals surface area contributed by atoms with Crippen molar-refractivity contribution >= 4 is 56.5 Å². The normalized spacial score (nSPS) is 32.0. The molecule has 3 aromatic rings. The van der Waals surface area contributed by atoms with Gasteiger partial charge in [-0.1, -0.05) is 51.5 Å². The van der Waals surface area contributed by atoms with Crippen LogP contribution in [0.5, 0.6) is 0 Å². The first kappa shape index (κ1) is 23.7. The number of H-pyrrole nitrogens is 1. The highest BCUT2D eigenvalue weighted by molar-refractivity contribution is 9.10. The van der Waals surface area contributed by atoms with Gasteiger partial charge in [0, 0.05) is 20.5 Å². The van der Waals surface area contributed by atoms with Crippen LogP contribution in [-0.2, 0) is 15.8 Å². The molecule has 0 radical (unpaired) electrons. The predicted molar refractivity (Wildman–Crippen MR) is 137 cm³/mol. The van der Waals surface area contributed by atoms with Gasteiger partial charge in [-0.2, -0.15) is 13.2 Å². The van der Waals surface area contributed by atoms with Gasteiger partial charge in [0.25, 0.3) is 0 Å². The number of benzene rings is 2. The van der Waals surface area contributed by atoms with Crippen molar-refractivity contribution in [2.45, 2.75) is 28.8 Å². The first-order valence-corrected chi connectivity index (χ1v) is 14.3. The minimum absolute atomic E-state index is 0.0148. The molecule has 1 N–H and O–H groups in total. The molecule has 2 aromatic carbocycles. The Morgan fingerprint density at radius 1 is 0.973 bits per heavy atom. The smallest absolute Gasteiger partial charge is 0.307 e. The van der Waals surface area contributed by atoms with Crippen LogP contribution in [-0.4, -0.2) is 22.0 Å². The monoisotopic (exact) mass is 606 g/mol. The number of hydrogen-bond donors (Lipinski definition) is 1. The Balaban J connectivity index is 1.33. The molecule has 5 nitrogen and oxygen atoms in total. The van der Waals surface area contributed by atoms with E-state index < -0.39 is 35.4 Å². The molecule has 7 atom stereocenters. The van der Waals surface area contributed by atoms with Crippen LogP contribution < -0.4 is 9.77 Å². The summed E-state index contributed by atoms with van der Waals surface area (Å²) < 4.78 is 42.3. The van der Waals surface area contributed by atoms with Crippen LogP contribution in [0.25, 0.3) is 0 Å². The largest absolute Gasteiger partial charge is 0.418 e. The lowest BCUT2D eigenvalue weighted by Crippen LogP contribution is -2.42. The van der Waals surface area contributed by atoms with Crippen molar-refractivity contribution in [3.05, 3.63) is 78.7 Å². The number of aromatic amines is 1. The number of nitrogens with zero attached hydrogens (tertiary/aromatic N) is 1. The average molecular weight is 607 g/mol. The van der Waals surface area contributed by atoms with Crippen molar-refractivity contribution in [1.29, 1.82) is 0 Å². The second-order valence-electron chi connectivity index (χ2n) is 10.0. The number of imide groups is 1. The zero-order chi connectivity index (χ0) is 25.8. The number of aromatic nitrogens is 1. The molecule has 4 aliphatic rings. The molecule has 7 rings (SSSR count). The molecular formula is C26H18BrF3N2O3S2. The summed E-state index contributed by atoms with van der Waals surface area (Å²) in [4.78, 5) is 44.3. The highest BCUT2D eigenvalue weighted by Gasteiger charge is 2.70. The molecule has 190 valence electrons. The Morgan fingerprint density at radius 3 is 2.43 bits per heavy atom. The molecule has 3 heterocycles. The molecule has 6 unspecified atom stereocenters. The van der Waals surface area contributed by atoms with E-state index in [1.165, 1.54) is 29.5 Å².